The lowest BCUT2D eigenvalue weighted by molar-refractivity contribution is -0.125. The van der Waals surface area contributed by atoms with E-state index >= 15 is 0 Å². The Labute approximate surface area is 154 Å². The van der Waals surface area contributed by atoms with Crippen LogP contribution in [-0.4, -0.2) is 30.4 Å². The normalized spacial score (nSPS) is 16.7. The molecule has 0 aliphatic carbocycles. The number of anilines is 1. The second-order valence-corrected chi connectivity index (χ2v) is 6.03. The first kappa shape index (κ1) is 17.9. The molecular weight excluding hydrogens is 358 g/mol. The van der Waals surface area contributed by atoms with Gasteiger partial charge in [0.15, 0.2) is 6.61 Å². The number of imide groups is 1. The van der Waals surface area contributed by atoms with Crippen LogP contribution in [0.4, 0.5) is 5.69 Å². The molecule has 0 saturated carbocycles. The van der Waals surface area contributed by atoms with Crippen molar-refractivity contribution in [3.63, 3.8) is 0 Å². The predicted molar refractivity (Wildman–Crippen MR) is 95.6 cm³/mol. The quantitative estimate of drug-likeness (QED) is 0.594. The Morgan fingerprint density at radius 3 is 2.50 bits per heavy atom. The van der Waals surface area contributed by atoms with Gasteiger partial charge in [-0.2, -0.15) is 0 Å². The maximum absolute atomic E-state index is 12.4. The number of hydrogen-bond acceptors (Lipinski definition) is 5. The minimum absolute atomic E-state index is 0.0543. The maximum atomic E-state index is 12.4. The molecule has 2 aromatic rings. The van der Waals surface area contributed by atoms with E-state index in [2.05, 4.69) is 10.9 Å². The van der Waals surface area contributed by atoms with Crippen molar-refractivity contribution in [2.45, 2.75) is 12.5 Å². The smallest absolute Gasteiger partial charge is 0.272 e. The van der Waals surface area contributed by atoms with Gasteiger partial charge in [-0.3, -0.25) is 19.8 Å². The van der Waals surface area contributed by atoms with Crippen molar-refractivity contribution in [3.05, 3.63) is 59.6 Å². The van der Waals surface area contributed by atoms with E-state index < -0.39 is 17.9 Å². The summed E-state index contributed by atoms with van der Waals surface area (Å²) in [6.45, 7) is -0.216. The van der Waals surface area contributed by atoms with Gasteiger partial charge in [0.25, 0.3) is 11.8 Å². The lowest BCUT2D eigenvalue weighted by Crippen LogP contribution is -2.49. The fraction of sp³-hybridized carbons (Fsp3) is 0.167. The molecule has 2 aromatic carbocycles. The van der Waals surface area contributed by atoms with E-state index in [0.717, 1.165) is 4.90 Å². The van der Waals surface area contributed by atoms with E-state index in [1.807, 2.05) is 6.07 Å². The Balaban J connectivity index is 1.52. The average molecular weight is 374 g/mol. The van der Waals surface area contributed by atoms with Crippen LogP contribution in [0.5, 0.6) is 5.75 Å². The summed E-state index contributed by atoms with van der Waals surface area (Å²) in [4.78, 5) is 37.4. The number of nitrogens with zero attached hydrogens (tertiary/aromatic N) is 1. The van der Waals surface area contributed by atoms with Crippen LogP contribution in [0.1, 0.15) is 6.42 Å². The van der Waals surface area contributed by atoms with E-state index in [1.165, 1.54) is 0 Å². The summed E-state index contributed by atoms with van der Waals surface area (Å²) < 4.78 is 5.31. The SMILES string of the molecule is O=C(COc1ccccc1)NNC1CC(=O)N(c2ccc(Cl)cc2)C1=O. The maximum Gasteiger partial charge on any atom is 0.272 e. The van der Waals surface area contributed by atoms with Gasteiger partial charge in [0, 0.05) is 5.02 Å². The highest BCUT2D eigenvalue weighted by Gasteiger charge is 2.39. The van der Waals surface area contributed by atoms with E-state index in [0.29, 0.717) is 16.5 Å². The molecule has 1 unspecified atom stereocenters. The molecule has 1 heterocycles. The van der Waals surface area contributed by atoms with Crippen molar-refractivity contribution >= 4 is 35.0 Å². The Morgan fingerprint density at radius 2 is 1.81 bits per heavy atom. The number of nitrogens with one attached hydrogen (secondary N) is 2. The molecule has 134 valence electrons. The van der Waals surface area contributed by atoms with Gasteiger partial charge >= 0.3 is 0 Å². The summed E-state index contributed by atoms with van der Waals surface area (Å²) in [6, 6.07) is 14.4. The average Bonchev–Trinajstić information content (AvgIpc) is 2.93. The summed E-state index contributed by atoms with van der Waals surface area (Å²) in [5.41, 5.74) is 5.42. The van der Waals surface area contributed by atoms with Crippen molar-refractivity contribution in [1.82, 2.24) is 10.9 Å². The van der Waals surface area contributed by atoms with Crippen LogP contribution in [0, 0.1) is 0 Å². The molecule has 3 amide bonds. The summed E-state index contributed by atoms with van der Waals surface area (Å²) in [5, 5.41) is 0.508. The van der Waals surface area contributed by atoms with Gasteiger partial charge in [-0.1, -0.05) is 29.8 Å². The van der Waals surface area contributed by atoms with E-state index in [9.17, 15) is 14.4 Å². The first-order chi connectivity index (χ1) is 12.5. The zero-order valence-corrected chi connectivity index (χ0v) is 14.4. The number of carbonyl (C=O) groups excluding carboxylic acids is 3. The van der Waals surface area contributed by atoms with Crippen molar-refractivity contribution in [2.75, 3.05) is 11.5 Å². The van der Waals surface area contributed by atoms with Crippen LogP contribution in [0.25, 0.3) is 0 Å². The van der Waals surface area contributed by atoms with Crippen LogP contribution < -0.4 is 20.5 Å². The summed E-state index contributed by atoms with van der Waals surface area (Å²) >= 11 is 5.82. The molecule has 1 fully saturated rings. The molecule has 1 aliphatic rings. The molecule has 3 rings (SSSR count). The summed E-state index contributed by atoms with van der Waals surface area (Å²) in [6.07, 6.45) is -0.0543. The van der Waals surface area contributed by atoms with E-state index in [4.69, 9.17) is 16.3 Å². The highest BCUT2D eigenvalue weighted by atomic mass is 35.5. The zero-order valence-electron chi connectivity index (χ0n) is 13.6. The number of rotatable bonds is 6. The van der Waals surface area contributed by atoms with Crippen LogP contribution >= 0.6 is 11.6 Å². The topological polar surface area (TPSA) is 87.7 Å². The standard InChI is InChI=1S/C18H16ClN3O4/c19-12-6-8-13(9-7-12)22-17(24)10-15(18(22)25)20-21-16(23)11-26-14-4-2-1-3-5-14/h1-9,15,20H,10-11H2,(H,21,23). The molecule has 1 aliphatic heterocycles. The highest BCUT2D eigenvalue weighted by molar-refractivity contribution is 6.30. The molecular formula is C18H16ClN3O4. The molecule has 0 spiro atoms. The number of hydrazine groups is 1. The van der Waals surface area contributed by atoms with Crippen LogP contribution in [0.3, 0.4) is 0 Å². The Morgan fingerprint density at radius 1 is 1.12 bits per heavy atom. The lowest BCUT2D eigenvalue weighted by atomic mass is 10.2. The predicted octanol–water partition coefficient (Wildman–Crippen LogP) is 1.67. The van der Waals surface area contributed by atoms with Gasteiger partial charge in [-0.05, 0) is 36.4 Å². The lowest BCUT2D eigenvalue weighted by Gasteiger charge is -2.16. The highest BCUT2D eigenvalue weighted by Crippen LogP contribution is 2.24. The first-order valence-corrected chi connectivity index (χ1v) is 8.27. The van der Waals surface area contributed by atoms with Gasteiger partial charge in [0.2, 0.25) is 5.91 Å². The van der Waals surface area contributed by atoms with Crippen LogP contribution in [-0.2, 0) is 14.4 Å². The number of ether oxygens (including phenoxy) is 1. The number of para-hydroxylation sites is 1. The fourth-order valence-electron chi connectivity index (χ4n) is 2.48. The van der Waals surface area contributed by atoms with Crippen molar-refractivity contribution in [3.8, 4) is 5.75 Å². The third kappa shape index (κ3) is 4.19. The Kier molecular flexibility index (Phi) is 5.50. The molecule has 7 nitrogen and oxygen atoms in total. The molecule has 1 atom stereocenters. The number of carbonyl (C=O) groups is 3. The molecule has 0 radical (unpaired) electrons. The van der Waals surface area contributed by atoms with Crippen LogP contribution in [0.15, 0.2) is 54.6 Å². The van der Waals surface area contributed by atoms with Crippen LogP contribution in [0.2, 0.25) is 5.02 Å². The van der Waals surface area contributed by atoms with Gasteiger partial charge < -0.3 is 4.74 Å². The van der Waals surface area contributed by atoms with Crippen molar-refractivity contribution in [2.24, 2.45) is 0 Å². The molecule has 0 aromatic heterocycles. The second-order valence-electron chi connectivity index (χ2n) is 5.59. The van der Waals surface area contributed by atoms with Gasteiger partial charge in [0.1, 0.15) is 11.8 Å². The fourth-order valence-corrected chi connectivity index (χ4v) is 2.60. The minimum atomic E-state index is -0.834. The third-order valence-corrected chi connectivity index (χ3v) is 3.98. The molecule has 1 saturated heterocycles. The molecule has 2 N–H and O–H groups in total. The number of benzene rings is 2. The number of halogens is 1. The van der Waals surface area contributed by atoms with Gasteiger partial charge in [-0.15, -0.1) is 0 Å². The Bertz CT molecular complexity index is 811. The Hall–Kier alpha value is -2.90. The number of amides is 3. The third-order valence-electron chi connectivity index (χ3n) is 3.73. The monoisotopic (exact) mass is 373 g/mol. The van der Waals surface area contributed by atoms with Gasteiger partial charge in [-0.25, -0.2) is 10.3 Å². The minimum Gasteiger partial charge on any atom is -0.484 e. The number of hydrogen-bond donors (Lipinski definition) is 2. The summed E-state index contributed by atoms with van der Waals surface area (Å²) in [7, 11) is 0. The van der Waals surface area contributed by atoms with E-state index in [1.54, 1.807) is 48.5 Å². The molecule has 0 bridgehead atoms. The molecule has 26 heavy (non-hydrogen) atoms. The van der Waals surface area contributed by atoms with E-state index in [-0.39, 0.29) is 18.9 Å². The first-order valence-electron chi connectivity index (χ1n) is 7.89. The largest absolute Gasteiger partial charge is 0.484 e. The van der Waals surface area contributed by atoms with Gasteiger partial charge in [0.05, 0.1) is 12.1 Å². The van der Waals surface area contributed by atoms with Crippen molar-refractivity contribution < 1.29 is 19.1 Å². The second kappa shape index (κ2) is 7.99. The van der Waals surface area contributed by atoms with Crippen molar-refractivity contribution in [1.29, 1.82) is 0 Å². The molecule has 8 heteroatoms. The summed E-state index contributed by atoms with van der Waals surface area (Å²) in [5.74, 6) is -0.700. The zero-order chi connectivity index (χ0) is 18.5.